The van der Waals surface area contributed by atoms with E-state index in [1.807, 2.05) is 13.1 Å². The second-order valence-corrected chi connectivity index (χ2v) is 4.33. The molecule has 1 aromatic heterocycles. The zero-order valence-corrected chi connectivity index (χ0v) is 9.53. The second-order valence-electron chi connectivity index (χ2n) is 4.33. The van der Waals surface area contributed by atoms with E-state index in [2.05, 4.69) is 34.3 Å². The molecule has 1 aliphatic rings. The SMILES string of the molecule is Cc1ccc(CN2CCNC[C@@H]2C)cn1. The highest BCUT2D eigenvalue weighted by atomic mass is 15.2. The van der Waals surface area contributed by atoms with E-state index in [4.69, 9.17) is 0 Å². The number of pyridine rings is 1. The predicted octanol–water partition coefficient (Wildman–Crippen LogP) is 1.18. The van der Waals surface area contributed by atoms with Crippen molar-refractivity contribution in [3.8, 4) is 0 Å². The molecule has 15 heavy (non-hydrogen) atoms. The van der Waals surface area contributed by atoms with E-state index < -0.39 is 0 Å². The molecule has 1 N–H and O–H groups in total. The van der Waals surface area contributed by atoms with Crippen molar-refractivity contribution in [2.24, 2.45) is 0 Å². The average molecular weight is 205 g/mol. The molecule has 1 atom stereocenters. The Labute approximate surface area is 91.5 Å². The average Bonchev–Trinajstić information content (AvgIpc) is 2.25. The highest BCUT2D eigenvalue weighted by Gasteiger charge is 2.17. The lowest BCUT2D eigenvalue weighted by Crippen LogP contribution is -2.49. The van der Waals surface area contributed by atoms with Crippen LogP contribution in [0.4, 0.5) is 0 Å². The first kappa shape index (κ1) is 10.6. The summed E-state index contributed by atoms with van der Waals surface area (Å²) in [4.78, 5) is 6.83. The Morgan fingerprint density at radius 1 is 1.53 bits per heavy atom. The van der Waals surface area contributed by atoms with E-state index in [9.17, 15) is 0 Å². The van der Waals surface area contributed by atoms with Crippen molar-refractivity contribution in [1.82, 2.24) is 15.2 Å². The Morgan fingerprint density at radius 3 is 3.07 bits per heavy atom. The molecule has 3 nitrogen and oxygen atoms in total. The van der Waals surface area contributed by atoms with Gasteiger partial charge in [-0.15, -0.1) is 0 Å². The van der Waals surface area contributed by atoms with Gasteiger partial charge in [0.15, 0.2) is 0 Å². The van der Waals surface area contributed by atoms with Gasteiger partial charge in [-0.2, -0.15) is 0 Å². The van der Waals surface area contributed by atoms with Crippen molar-refractivity contribution in [1.29, 1.82) is 0 Å². The van der Waals surface area contributed by atoms with Crippen molar-refractivity contribution >= 4 is 0 Å². The molecule has 0 bridgehead atoms. The molecule has 0 saturated carbocycles. The van der Waals surface area contributed by atoms with E-state index in [1.165, 1.54) is 5.56 Å². The van der Waals surface area contributed by atoms with Crippen LogP contribution in [0.1, 0.15) is 18.2 Å². The van der Waals surface area contributed by atoms with Crippen LogP contribution < -0.4 is 5.32 Å². The lowest BCUT2D eigenvalue weighted by atomic mass is 10.1. The molecule has 0 spiro atoms. The molecule has 0 unspecified atom stereocenters. The molecule has 1 aliphatic heterocycles. The largest absolute Gasteiger partial charge is 0.314 e. The summed E-state index contributed by atoms with van der Waals surface area (Å²) in [5.41, 5.74) is 2.40. The van der Waals surface area contributed by atoms with E-state index in [1.54, 1.807) is 0 Å². The topological polar surface area (TPSA) is 28.2 Å². The van der Waals surface area contributed by atoms with Gasteiger partial charge >= 0.3 is 0 Å². The van der Waals surface area contributed by atoms with Crippen LogP contribution in [0.15, 0.2) is 18.3 Å². The van der Waals surface area contributed by atoms with Gasteiger partial charge in [0.1, 0.15) is 0 Å². The predicted molar refractivity (Wildman–Crippen MR) is 61.7 cm³/mol. The van der Waals surface area contributed by atoms with Crippen LogP contribution in [0, 0.1) is 6.92 Å². The van der Waals surface area contributed by atoms with Gasteiger partial charge in [0.25, 0.3) is 0 Å². The molecule has 0 aromatic carbocycles. The molecule has 2 heterocycles. The molecule has 1 fully saturated rings. The minimum atomic E-state index is 0.625. The lowest BCUT2D eigenvalue weighted by molar-refractivity contribution is 0.165. The molecular formula is C12H19N3. The second kappa shape index (κ2) is 4.73. The molecule has 3 heteroatoms. The van der Waals surface area contributed by atoms with Crippen LogP contribution in [-0.4, -0.2) is 35.6 Å². The van der Waals surface area contributed by atoms with Crippen LogP contribution in [-0.2, 0) is 6.54 Å². The molecule has 1 saturated heterocycles. The Hall–Kier alpha value is -0.930. The number of hydrogen-bond donors (Lipinski definition) is 1. The van der Waals surface area contributed by atoms with Crippen molar-refractivity contribution in [3.63, 3.8) is 0 Å². The van der Waals surface area contributed by atoms with E-state index in [0.717, 1.165) is 31.9 Å². The van der Waals surface area contributed by atoms with Crippen LogP contribution >= 0.6 is 0 Å². The first-order valence-electron chi connectivity index (χ1n) is 5.62. The van der Waals surface area contributed by atoms with Crippen LogP contribution in [0.2, 0.25) is 0 Å². The minimum Gasteiger partial charge on any atom is -0.314 e. The van der Waals surface area contributed by atoms with Crippen molar-refractivity contribution < 1.29 is 0 Å². The number of nitrogens with one attached hydrogen (secondary N) is 1. The fourth-order valence-electron chi connectivity index (χ4n) is 1.94. The number of aryl methyl sites for hydroxylation is 1. The third-order valence-corrected chi connectivity index (χ3v) is 3.00. The zero-order chi connectivity index (χ0) is 10.7. The summed E-state index contributed by atoms with van der Waals surface area (Å²) in [5, 5.41) is 3.40. The Kier molecular flexibility index (Phi) is 3.34. The Balaban J connectivity index is 1.98. The molecule has 0 amide bonds. The molecule has 1 aromatic rings. The molecular weight excluding hydrogens is 186 g/mol. The van der Waals surface area contributed by atoms with E-state index in [-0.39, 0.29) is 0 Å². The highest BCUT2D eigenvalue weighted by Crippen LogP contribution is 2.09. The molecule has 0 radical (unpaired) electrons. The van der Waals surface area contributed by atoms with Gasteiger partial charge in [-0.1, -0.05) is 6.07 Å². The highest BCUT2D eigenvalue weighted by molar-refractivity contribution is 5.13. The normalized spacial score (nSPS) is 22.9. The standard InChI is InChI=1S/C12H19N3/c1-10-3-4-12(8-14-10)9-15-6-5-13-7-11(15)2/h3-4,8,11,13H,5-7,9H2,1-2H3/t11-/m0/s1. The quantitative estimate of drug-likeness (QED) is 0.786. The third kappa shape index (κ3) is 2.76. The van der Waals surface area contributed by atoms with Crippen molar-refractivity contribution in [2.45, 2.75) is 26.4 Å². The van der Waals surface area contributed by atoms with Gasteiger partial charge in [-0.3, -0.25) is 9.88 Å². The van der Waals surface area contributed by atoms with Crippen molar-refractivity contribution in [3.05, 3.63) is 29.6 Å². The molecule has 82 valence electrons. The van der Waals surface area contributed by atoms with Crippen molar-refractivity contribution in [2.75, 3.05) is 19.6 Å². The summed E-state index contributed by atoms with van der Waals surface area (Å²) in [5.74, 6) is 0. The first-order chi connectivity index (χ1) is 7.25. The number of hydrogen-bond acceptors (Lipinski definition) is 3. The summed E-state index contributed by atoms with van der Waals surface area (Å²) in [6.07, 6.45) is 1.99. The van der Waals surface area contributed by atoms with Gasteiger partial charge in [0.2, 0.25) is 0 Å². The minimum absolute atomic E-state index is 0.625. The Bertz CT molecular complexity index is 307. The molecule has 0 aliphatic carbocycles. The number of piperazine rings is 1. The van der Waals surface area contributed by atoms with Crippen LogP contribution in [0.25, 0.3) is 0 Å². The number of aromatic nitrogens is 1. The monoisotopic (exact) mass is 205 g/mol. The fourth-order valence-corrected chi connectivity index (χ4v) is 1.94. The van der Waals surface area contributed by atoms with Gasteiger partial charge < -0.3 is 5.32 Å². The fraction of sp³-hybridized carbons (Fsp3) is 0.583. The van der Waals surface area contributed by atoms with E-state index in [0.29, 0.717) is 6.04 Å². The maximum Gasteiger partial charge on any atom is 0.0372 e. The van der Waals surface area contributed by atoms with Gasteiger partial charge in [0, 0.05) is 44.1 Å². The maximum atomic E-state index is 4.33. The lowest BCUT2D eigenvalue weighted by Gasteiger charge is -2.33. The number of nitrogens with zero attached hydrogens (tertiary/aromatic N) is 2. The smallest absolute Gasteiger partial charge is 0.0372 e. The van der Waals surface area contributed by atoms with Crippen LogP contribution in [0.3, 0.4) is 0 Å². The van der Waals surface area contributed by atoms with Gasteiger partial charge in [0.05, 0.1) is 0 Å². The maximum absolute atomic E-state index is 4.33. The van der Waals surface area contributed by atoms with Gasteiger partial charge in [-0.05, 0) is 25.5 Å². The third-order valence-electron chi connectivity index (χ3n) is 3.00. The first-order valence-corrected chi connectivity index (χ1v) is 5.62. The van der Waals surface area contributed by atoms with Gasteiger partial charge in [-0.25, -0.2) is 0 Å². The summed E-state index contributed by atoms with van der Waals surface area (Å²) in [6, 6.07) is 4.89. The summed E-state index contributed by atoms with van der Waals surface area (Å²) < 4.78 is 0. The summed E-state index contributed by atoms with van der Waals surface area (Å²) in [7, 11) is 0. The molecule has 2 rings (SSSR count). The summed E-state index contributed by atoms with van der Waals surface area (Å²) in [6.45, 7) is 8.65. The Morgan fingerprint density at radius 2 is 2.40 bits per heavy atom. The zero-order valence-electron chi connectivity index (χ0n) is 9.53. The number of rotatable bonds is 2. The van der Waals surface area contributed by atoms with Crippen LogP contribution in [0.5, 0.6) is 0 Å². The summed E-state index contributed by atoms with van der Waals surface area (Å²) >= 11 is 0. The van der Waals surface area contributed by atoms with E-state index >= 15 is 0 Å².